The molecule has 0 radical (unpaired) electrons. The molecule has 2 aliphatic heterocycles. The van der Waals surface area contributed by atoms with Gasteiger partial charge in [-0.15, -0.1) is 11.8 Å². The number of amides is 1. The molecule has 1 atom stereocenters. The highest BCUT2D eigenvalue weighted by atomic mass is 32.2. The first-order valence-electron chi connectivity index (χ1n) is 11.2. The van der Waals surface area contributed by atoms with Crippen LogP contribution in [0.2, 0.25) is 0 Å². The molecule has 0 fully saturated rings. The van der Waals surface area contributed by atoms with Crippen LogP contribution in [-0.2, 0) is 5.75 Å². The van der Waals surface area contributed by atoms with Gasteiger partial charge in [-0.1, -0.05) is 42.5 Å². The molecule has 0 bridgehead atoms. The van der Waals surface area contributed by atoms with Crippen LogP contribution in [0.25, 0.3) is 0 Å². The van der Waals surface area contributed by atoms with E-state index in [1.54, 1.807) is 21.3 Å². The molecule has 5 rings (SSSR count). The molecule has 0 saturated heterocycles. The van der Waals surface area contributed by atoms with Crippen LogP contribution in [0, 0.1) is 6.92 Å². The molecule has 1 N–H and O–H groups in total. The number of thioether (sulfide) groups is 1. The number of fused-ring (bicyclic) bond motifs is 3. The number of carbonyl (C=O) groups excluding carboxylic acids is 1. The molecule has 0 aliphatic carbocycles. The van der Waals surface area contributed by atoms with E-state index in [1.165, 1.54) is 18.7 Å². The molecule has 1 unspecified atom stereocenters. The van der Waals surface area contributed by atoms with Crippen molar-refractivity contribution >= 4 is 23.6 Å². The van der Waals surface area contributed by atoms with Gasteiger partial charge in [0.25, 0.3) is 5.91 Å². The van der Waals surface area contributed by atoms with Gasteiger partial charge in [-0.2, -0.15) is 0 Å². The number of hydrogen-bond acceptors (Lipinski definition) is 5. The summed E-state index contributed by atoms with van der Waals surface area (Å²) in [4.78, 5) is 41.1. The van der Waals surface area contributed by atoms with E-state index in [0.717, 1.165) is 21.8 Å². The van der Waals surface area contributed by atoms with Crippen molar-refractivity contribution in [2.24, 2.45) is 0 Å². The van der Waals surface area contributed by atoms with E-state index in [9.17, 15) is 19.5 Å². The van der Waals surface area contributed by atoms with Crippen molar-refractivity contribution in [2.45, 2.75) is 43.5 Å². The Bertz CT molecular complexity index is 1330. The summed E-state index contributed by atoms with van der Waals surface area (Å²) in [5, 5.41) is 11.7. The van der Waals surface area contributed by atoms with Crippen molar-refractivity contribution in [3.8, 4) is 0 Å². The summed E-state index contributed by atoms with van der Waals surface area (Å²) in [6, 6.07) is 16.0. The molecule has 2 aromatic carbocycles. The van der Waals surface area contributed by atoms with E-state index in [-0.39, 0.29) is 41.5 Å². The van der Waals surface area contributed by atoms with Crippen molar-refractivity contribution in [1.82, 2.24) is 9.58 Å². The van der Waals surface area contributed by atoms with Crippen LogP contribution in [0.3, 0.4) is 0 Å². The smallest absolute Gasteiger partial charge is 0.341 e. The van der Waals surface area contributed by atoms with E-state index < -0.39 is 11.4 Å². The highest BCUT2D eigenvalue weighted by Gasteiger charge is 2.39. The van der Waals surface area contributed by atoms with Crippen molar-refractivity contribution < 1.29 is 14.7 Å². The minimum atomic E-state index is -1.31. The number of carboxylic acid groups (broad SMARTS) is 1. The summed E-state index contributed by atoms with van der Waals surface area (Å²) in [5.74, 6) is -0.775. The second kappa shape index (κ2) is 8.36. The highest BCUT2D eigenvalue weighted by Crippen LogP contribution is 2.42. The molecule has 3 aromatic rings. The molecule has 3 heterocycles. The zero-order valence-electron chi connectivity index (χ0n) is 19.2. The average Bonchev–Trinajstić information content (AvgIpc) is 2.98. The Morgan fingerprint density at radius 2 is 1.74 bits per heavy atom. The number of aromatic nitrogens is 1. The molecule has 34 heavy (non-hydrogen) atoms. The van der Waals surface area contributed by atoms with E-state index in [4.69, 9.17) is 0 Å². The first-order chi connectivity index (χ1) is 16.3. The zero-order valence-corrected chi connectivity index (χ0v) is 20.0. The third kappa shape index (κ3) is 3.40. The van der Waals surface area contributed by atoms with Crippen LogP contribution in [0.5, 0.6) is 0 Å². The predicted molar refractivity (Wildman–Crippen MR) is 131 cm³/mol. The lowest BCUT2D eigenvalue weighted by Crippen LogP contribution is -2.58. The Balaban J connectivity index is 1.83. The van der Waals surface area contributed by atoms with Gasteiger partial charge in [0.05, 0.1) is 6.04 Å². The average molecular weight is 476 g/mol. The molecule has 8 heteroatoms. The lowest BCUT2D eigenvalue weighted by atomic mass is 9.94. The molecule has 7 nitrogen and oxygen atoms in total. The molecule has 1 amide bonds. The topological polar surface area (TPSA) is 82.8 Å². The maximum atomic E-state index is 13.5. The van der Waals surface area contributed by atoms with Crippen molar-refractivity contribution in [3.05, 3.63) is 98.5 Å². The predicted octanol–water partition coefficient (Wildman–Crippen LogP) is 4.01. The number of carboxylic acids is 1. The highest BCUT2D eigenvalue weighted by molar-refractivity contribution is 7.98. The molecule has 1 aromatic heterocycles. The Morgan fingerprint density at radius 3 is 2.44 bits per heavy atom. The van der Waals surface area contributed by atoms with Crippen LogP contribution >= 0.6 is 11.8 Å². The number of carbonyl (C=O) groups is 2. The van der Waals surface area contributed by atoms with Crippen LogP contribution in [0.1, 0.15) is 63.0 Å². The number of pyridine rings is 1. The maximum Gasteiger partial charge on any atom is 0.341 e. The van der Waals surface area contributed by atoms with Gasteiger partial charge in [-0.05, 0) is 43.5 Å². The Hall–Kier alpha value is -3.52. The van der Waals surface area contributed by atoms with Gasteiger partial charge in [0.1, 0.15) is 17.9 Å². The van der Waals surface area contributed by atoms with Gasteiger partial charge in [0.15, 0.2) is 5.43 Å². The summed E-state index contributed by atoms with van der Waals surface area (Å²) >= 11 is 1.76. The molecular weight excluding hydrogens is 450 g/mol. The van der Waals surface area contributed by atoms with Crippen LogP contribution in [0.15, 0.2) is 64.4 Å². The van der Waals surface area contributed by atoms with Crippen molar-refractivity contribution in [1.29, 1.82) is 0 Å². The van der Waals surface area contributed by atoms with Gasteiger partial charge in [-0.25, -0.2) is 4.79 Å². The Morgan fingerprint density at radius 1 is 1.06 bits per heavy atom. The number of benzene rings is 2. The fourth-order valence-electron chi connectivity index (χ4n) is 4.78. The van der Waals surface area contributed by atoms with Crippen LogP contribution in [0.4, 0.5) is 0 Å². The van der Waals surface area contributed by atoms with Gasteiger partial charge in [0, 0.05) is 28.5 Å². The molecule has 0 spiro atoms. The van der Waals surface area contributed by atoms with E-state index in [2.05, 4.69) is 24.3 Å². The molecular formula is C26H25N3O4S. The van der Waals surface area contributed by atoms with Crippen molar-refractivity contribution in [2.75, 3.05) is 11.7 Å². The fourth-order valence-corrected chi connectivity index (χ4v) is 5.88. The van der Waals surface area contributed by atoms with E-state index in [1.807, 2.05) is 43.1 Å². The monoisotopic (exact) mass is 475 g/mol. The largest absolute Gasteiger partial charge is 0.477 e. The van der Waals surface area contributed by atoms with Crippen molar-refractivity contribution in [3.63, 3.8) is 0 Å². The van der Waals surface area contributed by atoms with Crippen LogP contribution < -0.4 is 10.4 Å². The first-order valence-corrected chi connectivity index (χ1v) is 12.1. The number of rotatable bonds is 3. The summed E-state index contributed by atoms with van der Waals surface area (Å²) in [5.41, 5.74) is 2.73. The summed E-state index contributed by atoms with van der Waals surface area (Å²) in [6.45, 7) is 5.67. The third-order valence-electron chi connectivity index (χ3n) is 6.56. The molecule has 174 valence electrons. The number of hydrogen-bond donors (Lipinski definition) is 1. The standard InChI is InChI=1S/C26H25N3O4S/c1-15(2)27-14-29(28-12-20(26(32)33)24(30)16(3)22(28)25(27)31)23-18-9-5-4-8-17(18)13-34-21-11-7-6-10-19(21)23/h4-12,15,23H,13-14H2,1-3H3,(H,32,33). The van der Waals surface area contributed by atoms with Gasteiger partial charge >= 0.3 is 5.97 Å². The van der Waals surface area contributed by atoms with Crippen LogP contribution in [-0.4, -0.2) is 39.3 Å². The van der Waals surface area contributed by atoms with Gasteiger partial charge < -0.3 is 10.0 Å². The number of aromatic carboxylic acids is 1. The quantitative estimate of drug-likeness (QED) is 0.616. The normalized spacial score (nSPS) is 17.2. The van der Waals surface area contributed by atoms with Gasteiger partial charge in [-0.3, -0.25) is 19.3 Å². The maximum absolute atomic E-state index is 13.5. The Labute approximate surface area is 201 Å². The second-order valence-corrected chi connectivity index (χ2v) is 9.89. The summed E-state index contributed by atoms with van der Waals surface area (Å²) in [7, 11) is 0. The molecule has 2 aliphatic rings. The van der Waals surface area contributed by atoms with E-state index in [0.29, 0.717) is 0 Å². The minimum absolute atomic E-state index is 0.108. The van der Waals surface area contributed by atoms with Gasteiger partial charge in [0.2, 0.25) is 0 Å². The SMILES string of the molecule is Cc1c2n(cc(C(=O)O)c1=O)N(C1c3ccccc3CSc3ccccc31)CN(C(C)C)C2=O. The fraction of sp³-hybridized carbons (Fsp3) is 0.269. The minimum Gasteiger partial charge on any atom is -0.477 e. The summed E-state index contributed by atoms with van der Waals surface area (Å²) < 4.78 is 1.61. The third-order valence-corrected chi connectivity index (χ3v) is 7.69. The molecule has 0 saturated carbocycles. The zero-order chi connectivity index (χ0) is 24.1. The number of nitrogens with zero attached hydrogens (tertiary/aromatic N) is 3. The summed E-state index contributed by atoms with van der Waals surface area (Å²) in [6.07, 6.45) is 1.31. The van der Waals surface area contributed by atoms with E-state index >= 15 is 0 Å². The lowest BCUT2D eigenvalue weighted by molar-refractivity contribution is 0.0617. The Kier molecular flexibility index (Phi) is 5.48. The lowest BCUT2D eigenvalue weighted by Gasteiger charge is -2.46. The second-order valence-electron chi connectivity index (χ2n) is 8.87. The first kappa shape index (κ1) is 22.3.